The summed E-state index contributed by atoms with van der Waals surface area (Å²) in [5.41, 5.74) is 5.80. The number of rotatable bonds is 1. The van der Waals surface area contributed by atoms with Crippen LogP contribution in [0, 0.1) is 5.82 Å². The highest BCUT2D eigenvalue weighted by molar-refractivity contribution is 5.99. The van der Waals surface area contributed by atoms with E-state index < -0.39 is 29.2 Å². The van der Waals surface area contributed by atoms with Gasteiger partial charge >= 0.3 is 12.2 Å². The maximum absolute atomic E-state index is 14.3. The number of nitrogens with one attached hydrogen (secondary N) is 1. The maximum Gasteiger partial charge on any atom is 0.437 e. The van der Waals surface area contributed by atoms with Crippen molar-refractivity contribution in [2.24, 2.45) is 4.99 Å². The first-order valence-electron chi connectivity index (χ1n) is 10.0. The zero-order valence-electron chi connectivity index (χ0n) is 18.9. The van der Waals surface area contributed by atoms with Crippen LogP contribution in [0.25, 0.3) is 5.57 Å². The van der Waals surface area contributed by atoms with Gasteiger partial charge in [0.2, 0.25) is 5.96 Å². The van der Waals surface area contributed by atoms with Gasteiger partial charge < -0.3 is 20.1 Å². The summed E-state index contributed by atoms with van der Waals surface area (Å²) in [4.78, 5) is 30.1. The van der Waals surface area contributed by atoms with Crippen molar-refractivity contribution in [1.29, 1.82) is 0 Å². The number of alkyl carbamates (subject to hydrolysis) is 1. The minimum Gasteiger partial charge on any atom is -0.444 e. The van der Waals surface area contributed by atoms with Crippen molar-refractivity contribution < 1.29 is 23.5 Å². The molecule has 0 fully saturated rings. The fraction of sp³-hybridized carbons (Fsp3) is 0.500. The molecule has 1 aromatic carbocycles. The Morgan fingerprint density at radius 1 is 1.13 bits per heavy atom. The molecule has 0 radical (unpaired) electrons. The summed E-state index contributed by atoms with van der Waals surface area (Å²) in [7, 11) is 0. The van der Waals surface area contributed by atoms with Gasteiger partial charge in [0, 0.05) is 24.3 Å². The third-order valence-electron chi connectivity index (χ3n) is 4.05. The molecular formula is C22H31FN4O4. The number of hydrogen-bond acceptors (Lipinski definition) is 5. The molecule has 1 aliphatic rings. The summed E-state index contributed by atoms with van der Waals surface area (Å²) in [5, 5.41) is 2.53. The summed E-state index contributed by atoms with van der Waals surface area (Å²) in [6.07, 6.45) is 0.719. The average Bonchev–Trinajstić information content (AvgIpc) is 2.58. The van der Waals surface area contributed by atoms with Crippen LogP contribution in [0.1, 0.15) is 53.5 Å². The lowest BCUT2D eigenvalue weighted by Gasteiger charge is -2.30. The number of aliphatic imine (C=N–C) groups is 1. The van der Waals surface area contributed by atoms with E-state index in [1.807, 2.05) is 6.08 Å². The summed E-state index contributed by atoms with van der Waals surface area (Å²) < 4.78 is 24.8. The van der Waals surface area contributed by atoms with Crippen LogP contribution in [0.4, 0.5) is 19.7 Å². The Kier molecular flexibility index (Phi) is 7.30. The molecule has 0 atom stereocenters. The molecule has 9 heteroatoms. The summed E-state index contributed by atoms with van der Waals surface area (Å²) in [5.74, 6) is -0.384. The SMILES string of the molecule is CC(C)(C)OC(=O)N=C(NC(=O)OC(C)(C)C)N1CC=C(c2ccc(N)cc2F)CC1. The lowest BCUT2D eigenvalue weighted by molar-refractivity contribution is 0.0555. The molecule has 0 spiro atoms. The molecule has 8 nitrogen and oxygen atoms in total. The van der Waals surface area contributed by atoms with Crippen molar-refractivity contribution in [3.05, 3.63) is 35.7 Å². The monoisotopic (exact) mass is 434 g/mol. The topological polar surface area (TPSA) is 106 Å². The number of halogens is 1. The largest absolute Gasteiger partial charge is 0.444 e. The van der Waals surface area contributed by atoms with Crippen LogP contribution in [0.15, 0.2) is 29.3 Å². The van der Waals surface area contributed by atoms with Crippen LogP contribution in [0.5, 0.6) is 0 Å². The normalized spacial score (nSPS) is 15.3. The van der Waals surface area contributed by atoms with Crippen LogP contribution in [-0.4, -0.2) is 47.3 Å². The smallest absolute Gasteiger partial charge is 0.437 e. The second-order valence-corrected chi connectivity index (χ2v) is 9.21. The zero-order chi connectivity index (χ0) is 23.4. The van der Waals surface area contributed by atoms with Crippen molar-refractivity contribution in [2.75, 3.05) is 18.8 Å². The molecule has 3 N–H and O–H groups in total. The van der Waals surface area contributed by atoms with E-state index in [1.165, 1.54) is 6.07 Å². The minimum absolute atomic E-state index is 0.0107. The van der Waals surface area contributed by atoms with E-state index in [4.69, 9.17) is 15.2 Å². The third kappa shape index (κ3) is 7.92. The minimum atomic E-state index is -0.835. The summed E-state index contributed by atoms with van der Waals surface area (Å²) in [6.45, 7) is 11.1. The maximum atomic E-state index is 14.3. The average molecular weight is 435 g/mol. The number of guanidine groups is 1. The Hall–Kier alpha value is -3.10. The molecule has 0 saturated heterocycles. The first-order valence-corrected chi connectivity index (χ1v) is 10.0. The highest BCUT2D eigenvalue weighted by Crippen LogP contribution is 2.26. The predicted molar refractivity (Wildman–Crippen MR) is 118 cm³/mol. The highest BCUT2D eigenvalue weighted by Gasteiger charge is 2.25. The van der Waals surface area contributed by atoms with Crippen molar-refractivity contribution in [3.63, 3.8) is 0 Å². The summed E-state index contributed by atoms with van der Waals surface area (Å²) in [6, 6.07) is 4.56. The van der Waals surface area contributed by atoms with Gasteiger partial charge in [0.15, 0.2) is 0 Å². The number of nitrogen functional groups attached to an aromatic ring is 1. The molecule has 31 heavy (non-hydrogen) atoms. The van der Waals surface area contributed by atoms with Gasteiger partial charge in [-0.2, -0.15) is 0 Å². The van der Waals surface area contributed by atoms with E-state index in [-0.39, 0.29) is 5.96 Å². The number of carbonyl (C=O) groups excluding carboxylic acids is 2. The lowest BCUT2D eigenvalue weighted by Crippen LogP contribution is -2.48. The van der Waals surface area contributed by atoms with Gasteiger partial charge in [-0.3, -0.25) is 5.32 Å². The van der Waals surface area contributed by atoms with Gasteiger partial charge in [-0.05, 0) is 71.7 Å². The molecule has 0 aromatic heterocycles. The fourth-order valence-corrected chi connectivity index (χ4v) is 2.84. The van der Waals surface area contributed by atoms with Crippen LogP contribution >= 0.6 is 0 Å². The molecule has 0 bridgehead atoms. The number of amides is 2. The van der Waals surface area contributed by atoms with Crippen LogP contribution in [0.3, 0.4) is 0 Å². The van der Waals surface area contributed by atoms with Gasteiger partial charge in [-0.1, -0.05) is 6.08 Å². The number of nitrogens with two attached hydrogens (primary N) is 1. The van der Waals surface area contributed by atoms with Crippen LogP contribution in [0.2, 0.25) is 0 Å². The van der Waals surface area contributed by atoms with Crippen molar-refractivity contribution in [1.82, 2.24) is 10.2 Å². The van der Waals surface area contributed by atoms with Crippen LogP contribution in [-0.2, 0) is 9.47 Å². The molecule has 170 valence electrons. The number of nitrogens with zero attached hydrogens (tertiary/aromatic N) is 2. The quantitative estimate of drug-likeness (QED) is 0.387. The first-order chi connectivity index (χ1) is 14.2. The highest BCUT2D eigenvalue weighted by atomic mass is 19.1. The van der Waals surface area contributed by atoms with E-state index in [0.717, 1.165) is 5.57 Å². The van der Waals surface area contributed by atoms with E-state index in [2.05, 4.69) is 10.3 Å². The van der Waals surface area contributed by atoms with Crippen molar-refractivity contribution in [3.8, 4) is 0 Å². The number of benzene rings is 1. The van der Waals surface area contributed by atoms with Crippen LogP contribution < -0.4 is 11.1 Å². The lowest BCUT2D eigenvalue weighted by atomic mass is 9.99. The van der Waals surface area contributed by atoms with E-state index in [0.29, 0.717) is 30.8 Å². The molecule has 0 unspecified atom stereocenters. The van der Waals surface area contributed by atoms with Crippen molar-refractivity contribution >= 4 is 29.4 Å². The van der Waals surface area contributed by atoms with Gasteiger partial charge in [-0.15, -0.1) is 4.99 Å². The molecule has 2 amide bonds. The molecule has 1 heterocycles. The van der Waals surface area contributed by atoms with Crippen molar-refractivity contribution in [2.45, 2.75) is 59.2 Å². The van der Waals surface area contributed by atoms with E-state index in [9.17, 15) is 14.0 Å². The Morgan fingerprint density at radius 2 is 1.77 bits per heavy atom. The Balaban J connectivity index is 2.22. The van der Waals surface area contributed by atoms with Gasteiger partial charge in [0.05, 0.1) is 0 Å². The third-order valence-corrected chi connectivity index (χ3v) is 4.05. The Labute approximate surface area is 182 Å². The first kappa shape index (κ1) is 24.2. The van der Waals surface area contributed by atoms with Gasteiger partial charge in [0.1, 0.15) is 17.0 Å². The van der Waals surface area contributed by atoms with E-state index in [1.54, 1.807) is 58.6 Å². The summed E-state index contributed by atoms with van der Waals surface area (Å²) >= 11 is 0. The number of hydrogen-bond donors (Lipinski definition) is 2. The molecule has 1 aromatic rings. The number of carbonyl (C=O) groups is 2. The fourth-order valence-electron chi connectivity index (χ4n) is 2.84. The van der Waals surface area contributed by atoms with Gasteiger partial charge in [-0.25, -0.2) is 14.0 Å². The second kappa shape index (κ2) is 9.36. The van der Waals surface area contributed by atoms with Gasteiger partial charge in [0.25, 0.3) is 0 Å². The molecule has 2 rings (SSSR count). The molecular weight excluding hydrogens is 403 g/mol. The second-order valence-electron chi connectivity index (χ2n) is 9.21. The molecule has 1 aliphatic heterocycles. The molecule has 0 aliphatic carbocycles. The molecule has 0 saturated carbocycles. The number of ether oxygens (including phenoxy) is 2. The zero-order valence-corrected chi connectivity index (χ0v) is 18.9. The Bertz CT molecular complexity index is 898. The predicted octanol–water partition coefficient (Wildman–Crippen LogP) is 4.31. The number of anilines is 1. The standard InChI is InChI=1S/C22H31FN4O4/c1-21(2,3)30-19(28)25-18(26-20(29)31-22(4,5)6)27-11-9-14(10-12-27)16-8-7-15(24)13-17(16)23/h7-9,13H,10-12,24H2,1-6H3,(H,25,26,28,29). The van der Waals surface area contributed by atoms with E-state index >= 15 is 0 Å². The Morgan fingerprint density at radius 3 is 2.29 bits per heavy atom.